The number of hydrogen-bond donors (Lipinski definition) is 0. The average Bonchev–Trinajstić information content (AvgIpc) is 2.85. The van der Waals surface area contributed by atoms with Gasteiger partial charge in [-0.2, -0.15) is 0 Å². The number of halogens is 1. The highest BCUT2D eigenvalue weighted by atomic mass is 35.5. The normalized spacial score (nSPS) is 10.9. The molecule has 4 aromatic carbocycles. The van der Waals surface area contributed by atoms with E-state index in [2.05, 4.69) is 122 Å². The summed E-state index contributed by atoms with van der Waals surface area (Å²) in [7, 11) is -1.86. The maximum Gasteiger partial charge on any atom is 0.119 e. The Morgan fingerprint density at radius 2 is 1.03 bits per heavy atom. The molecular formula is C29H30ClOP. The highest BCUT2D eigenvalue weighted by Gasteiger charge is 2.45. The zero-order chi connectivity index (χ0) is 21.4. The van der Waals surface area contributed by atoms with Gasteiger partial charge in [0.05, 0.1) is 12.8 Å². The van der Waals surface area contributed by atoms with Gasteiger partial charge in [-0.15, -0.1) is 0 Å². The topological polar surface area (TPSA) is 9.23 Å². The van der Waals surface area contributed by atoms with Gasteiger partial charge in [0, 0.05) is 0 Å². The van der Waals surface area contributed by atoms with E-state index in [9.17, 15) is 0 Å². The third kappa shape index (κ3) is 5.41. The highest BCUT2D eigenvalue weighted by molar-refractivity contribution is 7.95. The molecule has 0 heterocycles. The fourth-order valence-corrected chi connectivity index (χ4v) is 8.31. The molecule has 4 rings (SSSR count). The van der Waals surface area contributed by atoms with Crippen LogP contribution < -0.4 is 33.1 Å². The largest absolute Gasteiger partial charge is 1.00 e. The van der Waals surface area contributed by atoms with Gasteiger partial charge in [-0.05, 0) is 60.5 Å². The summed E-state index contributed by atoms with van der Waals surface area (Å²) in [4.78, 5) is 0. The number of hydrogen-bond acceptors (Lipinski definition) is 1. The van der Waals surface area contributed by atoms with E-state index in [1.807, 2.05) is 0 Å². The molecule has 0 saturated heterocycles. The molecule has 0 aliphatic heterocycles. The molecule has 0 amide bonds. The number of rotatable bonds is 9. The Kier molecular flexibility index (Phi) is 8.91. The van der Waals surface area contributed by atoms with Gasteiger partial charge < -0.3 is 17.1 Å². The molecular weight excluding hydrogens is 431 g/mol. The summed E-state index contributed by atoms with van der Waals surface area (Å²) >= 11 is 0. The van der Waals surface area contributed by atoms with Crippen LogP contribution in [0.4, 0.5) is 0 Å². The van der Waals surface area contributed by atoms with Crippen LogP contribution in [0.1, 0.15) is 25.3 Å². The monoisotopic (exact) mass is 460 g/mol. The third-order valence-electron chi connectivity index (χ3n) is 5.70. The lowest BCUT2D eigenvalue weighted by molar-refractivity contribution is -0.00000665. The Balaban J connectivity index is 0.00000289. The van der Waals surface area contributed by atoms with Crippen molar-refractivity contribution in [1.82, 2.24) is 0 Å². The quantitative estimate of drug-likeness (QED) is 0.275. The molecule has 0 N–H and O–H groups in total. The highest BCUT2D eigenvalue weighted by Crippen LogP contribution is 2.58. The van der Waals surface area contributed by atoms with E-state index in [1.165, 1.54) is 21.5 Å². The zero-order valence-corrected chi connectivity index (χ0v) is 20.2. The first-order valence-electron chi connectivity index (χ1n) is 11.1. The smallest absolute Gasteiger partial charge is 0.119 e. The van der Waals surface area contributed by atoms with Crippen LogP contribution in [0.5, 0.6) is 5.75 Å². The van der Waals surface area contributed by atoms with Crippen molar-refractivity contribution in [2.75, 3.05) is 6.61 Å². The molecule has 0 aliphatic rings. The summed E-state index contributed by atoms with van der Waals surface area (Å²) in [6, 6.07) is 41.9. The second-order valence-electron chi connectivity index (χ2n) is 7.82. The first-order valence-corrected chi connectivity index (χ1v) is 13.1. The van der Waals surface area contributed by atoms with E-state index in [0.717, 1.165) is 31.4 Å². The predicted octanol–water partition coefficient (Wildman–Crippen LogP) is 3.36. The van der Waals surface area contributed by atoms with Crippen molar-refractivity contribution < 1.29 is 17.1 Å². The van der Waals surface area contributed by atoms with Crippen molar-refractivity contribution in [3.63, 3.8) is 0 Å². The van der Waals surface area contributed by atoms with E-state index < -0.39 is 7.26 Å². The van der Waals surface area contributed by atoms with Crippen molar-refractivity contribution in [3.8, 4) is 5.75 Å². The van der Waals surface area contributed by atoms with Gasteiger partial charge >= 0.3 is 0 Å². The molecule has 0 saturated carbocycles. The Morgan fingerprint density at radius 3 is 1.44 bits per heavy atom. The maximum atomic E-state index is 5.89. The molecule has 0 fully saturated rings. The Bertz CT molecular complexity index is 954. The van der Waals surface area contributed by atoms with Gasteiger partial charge in [-0.3, -0.25) is 0 Å². The van der Waals surface area contributed by atoms with Gasteiger partial charge in [0.15, 0.2) is 0 Å². The van der Waals surface area contributed by atoms with Gasteiger partial charge in [-0.25, -0.2) is 0 Å². The number of benzene rings is 4. The molecule has 164 valence electrons. The summed E-state index contributed by atoms with van der Waals surface area (Å²) in [5, 5.41) is 4.24. The van der Waals surface area contributed by atoms with Crippen molar-refractivity contribution in [3.05, 3.63) is 121 Å². The van der Waals surface area contributed by atoms with E-state index in [4.69, 9.17) is 4.74 Å². The Labute approximate surface area is 199 Å². The molecule has 0 atom stereocenters. The van der Waals surface area contributed by atoms with Crippen LogP contribution in [-0.2, 0) is 6.16 Å². The fourth-order valence-electron chi connectivity index (χ4n) is 4.07. The van der Waals surface area contributed by atoms with Crippen molar-refractivity contribution in [1.29, 1.82) is 0 Å². The number of ether oxygens (including phenoxy) is 1. The summed E-state index contributed by atoms with van der Waals surface area (Å²) < 4.78 is 5.89. The predicted molar refractivity (Wildman–Crippen MR) is 136 cm³/mol. The SMILES string of the molecule is CCCCOc1ccc(C[P+](c2ccccc2)(c2ccccc2)c2ccccc2)cc1.[Cl-]. The van der Waals surface area contributed by atoms with E-state index in [0.29, 0.717) is 0 Å². The first-order chi connectivity index (χ1) is 15.3. The number of unbranched alkanes of at least 4 members (excludes halogenated alkanes) is 1. The second kappa shape index (κ2) is 11.9. The molecule has 32 heavy (non-hydrogen) atoms. The fraction of sp³-hybridized carbons (Fsp3) is 0.172. The molecule has 0 radical (unpaired) electrons. The lowest BCUT2D eigenvalue weighted by Crippen LogP contribution is -3.00. The minimum absolute atomic E-state index is 0. The lowest BCUT2D eigenvalue weighted by atomic mass is 10.2. The van der Waals surface area contributed by atoms with Crippen LogP contribution in [0.3, 0.4) is 0 Å². The van der Waals surface area contributed by atoms with Crippen molar-refractivity contribution in [2.45, 2.75) is 25.9 Å². The van der Waals surface area contributed by atoms with Crippen LogP contribution in [-0.4, -0.2) is 6.61 Å². The Hall–Kier alpha value is -2.60. The van der Waals surface area contributed by atoms with Crippen LogP contribution in [0.2, 0.25) is 0 Å². The molecule has 0 spiro atoms. The molecule has 0 aliphatic carbocycles. The van der Waals surface area contributed by atoms with Gasteiger partial charge in [0.2, 0.25) is 0 Å². The van der Waals surface area contributed by atoms with E-state index in [-0.39, 0.29) is 12.4 Å². The molecule has 4 aromatic rings. The minimum atomic E-state index is -1.86. The van der Waals surface area contributed by atoms with Crippen LogP contribution in [0, 0.1) is 0 Å². The Morgan fingerprint density at radius 1 is 0.594 bits per heavy atom. The average molecular weight is 461 g/mol. The molecule has 0 aromatic heterocycles. The summed E-state index contributed by atoms with van der Waals surface area (Å²) in [5.74, 6) is 0.959. The molecule has 1 nitrogen and oxygen atoms in total. The van der Waals surface area contributed by atoms with E-state index in [1.54, 1.807) is 0 Å². The third-order valence-corrected chi connectivity index (χ3v) is 10.1. The van der Waals surface area contributed by atoms with Crippen molar-refractivity contribution >= 4 is 23.2 Å². The summed E-state index contributed by atoms with van der Waals surface area (Å²) in [6.45, 7) is 2.97. The standard InChI is InChI=1S/C29H30OP.ClH/c1-2-3-23-30-26-21-19-25(20-22-26)24-31(27-13-7-4-8-14-27,28-15-9-5-10-16-28)29-17-11-6-12-18-29;/h4-22H,2-3,23-24H2,1H3;1H/q+1;/p-1. The van der Waals surface area contributed by atoms with Gasteiger partial charge in [-0.1, -0.05) is 80.1 Å². The van der Waals surface area contributed by atoms with Gasteiger partial charge in [0.1, 0.15) is 28.9 Å². The molecule has 0 bridgehead atoms. The summed E-state index contributed by atoms with van der Waals surface area (Å²) in [5.41, 5.74) is 1.34. The maximum absolute atomic E-state index is 5.89. The van der Waals surface area contributed by atoms with Gasteiger partial charge in [0.25, 0.3) is 0 Å². The summed E-state index contributed by atoms with van der Waals surface area (Å²) in [6.07, 6.45) is 3.23. The minimum Gasteiger partial charge on any atom is -1.00 e. The van der Waals surface area contributed by atoms with Crippen molar-refractivity contribution in [2.24, 2.45) is 0 Å². The van der Waals surface area contributed by atoms with Crippen LogP contribution >= 0.6 is 7.26 Å². The second-order valence-corrected chi connectivity index (χ2v) is 11.3. The van der Waals surface area contributed by atoms with E-state index >= 15 is 0 Å². The van der Waals surface area contributed by atoms with Crippen LogP contribution in [0.25, 0.3) is 0 Å². The molecule has 3 heteroatoms. The lowest BCUT2D eigenvalue weighted by Gasteiger charge is -2.28. The zero-order valence-electron chi connectivity index (χ0n) is 18.5. The van der Waals surface area contributed by atoms with Crippen LogP contribution in [0.15, 0.2) is 115 Å². The first kappa shape index (κ1) is 24.1. The molecule has 0 unspecified atom stereocenters.